The molecule has 0 saturated carbocycles. The van der Waals surface area contributed by atoms with Crippen LogP contribution < -0.4 is 14.4 Å². The van der Waals surface area contributed by atoms with E-state index in [-0.39, 0.29) is 12.5 Å². The molecule has 0 atom stereocenters. The highest BCUT2D eigenvalue weighted by molar-refractivity contribution is 7.92. The molecule has 0 bridgehead atoms. The molecule has 0 aromatic heterocycles. The highest BCUT2D eigenvalue weighted by Gasteiger charge is 2.24. The number of ether oxygens (including phenoxy) is 1. The number of para-hydroxylation sites is 3. The molecule has 1 N–H and O–H groups in total. The van der Waals surface area contributed by atoms with Crippen molar-refractivity contribution >= 4 is 21.6 Å². The molecule has 1 amide bonds. The lowest BCUT2D eigenvalue weighted by molar-refractivity contribution is -0.119. The topological polar surface area (TPSA) is 75.7 Å². The summed E-state index contributed by atoms with van der Waals surface area (Å²) in [4.78, 5) is 12.2. The third kappa shape index (κ3) is 5.77. The lowest BCUT2D eigenvalue weighted by Gasteiger charge is -2.24. The minimum absolute atomic E-state index is 0.294. The molecular weight excluding hydrogens is 352 g/mol. The number of rotatable bonds is 9. The Morgan fingerprint density at radius 3 is 2.38 bits per heavy atom. The van der Waals surface area contributed by atoms with Gasteiger partial charge in [-0.05, 0) is 30.7 Å². The molecule has 2 aromatic rings. The predicted octanol–water partition coefficient (Wildman–Crippen LogP) is 3.16. The number of amides is 1. The number of carbonyl (C=O) groups excluding carboxylic acids is 1. The maximum Gasteiger partial charge on any atom is 0.240 e. The van der Waals surface area contributed by atoms with Crippen LogP contribution >= 0.6 is 0 Å². The van der Waals surface area contributed by atoms with Crippen molar-refractivity contribution in [1.82, 2.24) is 5.32 Å². The zero-order chi connectivity index (χ0) is 19.0. The monoisotopic (exact) mass is 376 g/mol. The Balaban J connectivity index is 2.27. The highest BCUT2D eigenvalue weighted by atomic mass is 32.2. The van der Waals surface area contributed by atoms with Crippen LogP contribution in [0.4, 0.5) is 5.69 Å². The number of sulfonamides is 1. The third-order valence-electron chi connectivity index (χ3n) is 3.65. The van der Waals surface area contributed by atoms with Gasteiger partial charge in [0, 0.05) is 6.54 Å². The van der Waals surface area contributed by atoms with Crippen molar-refractivity contribution in [2.45, 2.75) is 19.8 Å². The van der Waals surface area contributed by atoms with Crippen molar-refractivity contribution in [3.63, 3.8) is 0 Å². The average molecular weight is 376 g/mol. The van der Waals surface area contributed by atoms with Gasteiger partial charge in [0.05, 0.1) is 11.9 Å². The molecule has 0 spiro atoms. The Kier molecular flexibility index (Phi) is 7.03. The van der Waals surface area contributed by atoms with Crippen molar-refractivity contribution in [3.05, 3.63) is 54.6 Å². The van der Waals surface area contributed by atoms with E-state index >= 15 is 0 Å². The second-order valence-corrected chi connectivity index (χ2v) is 7.76. The van der Waals surface area contributed by atoms with E-state index in [1.54, 1.807) is 36.4 Å². The van der Waals surface area contributed by atoms with Gasteiger partial charge in [-0.3, -0.25) is 9.10 Å². The number of unbranched alkanes of at least 4 members (excludes halogenated alkanes) is 1. The van der Waals surface area contributed by atoms with Crippen molar-refractivity contribution in [2.24, 2.45) is 0 Å². The minimum Gasteiger partial charge on any atom is -0.455 e. The molecule has 140 valence electrons. The number of hydrogen-bond donors (Lipinski definition) is 1. The van der Waals surface area contributed by atoms with E-state index < -0.39 is 10.0 Å². The Labute approximate surface area is 154 Å². The fraction of sp³-hybridized carbons (Fsp3) is 0.316. The number of anilines is 1. The second-order valence-electron chi connectivity index (χ2n) is 5.86. The zero-order valence-electron chi connectivity index (χ0n) is 15.0. The SMILES string of the molecule is CCCCNC(=O)CN(c1ccccc1Oc1ccccc1)S(C)(=O)=O. The summed E-state index contributed by atoms with van der Waals surface area (Å²) in [6.45, 7) is 2.25. The first-order valence-electron chi connectivity index (χ1n) is 8.48. The minimum atomic E-state index is -3.67. The number of nitrogens with one attached hydrogen (secondary N) is 1. The van der Waals surface area contributed by atoms with Crippen LogP contribution in [0.5, 0.6) is 11.5 Å². The van der Waals surface area contributed by atoms with Gasteiger partial charge in [0.25, 0.3) is 0 Å². The molecule has 0 saturated heterocycles. The number of nitrogens with zero attached hydrogens (tertiary/aromatic N) is 1. The molecule has 0 aliphatic heterocycles. The number of benzene rings is 2. The van der Waals surface area contributed by atoms with Crippen LogP contribution in [0, 0.1) is 0 Å². The number of hydrogen-bond acceptors (Lipinski definition) is 4. The second kappa shape index (κ2) is 9.24. The smallest absolute Gasteiger partial charge is 0.240 e. The highest BCUT2D eigenvalue weighted by Crippen LogP contribution is 2.33. The molecule has 0 aliphatic carbocycles. The van der Waals surface area contributed by atoms with E-state index in [1.807, 2.05) is 25.1 Å². The predicted molar refractivity (Wildman–Crippen MR) is 103 cm³/mol. The summed E-state index contributed by atoms with van der Waals surface area (Å²) in [6.07, 6.45) is 2.87. The van der Waals surface area contributed by atoms with Gasteiger partial charge in [0.1, 0.15) is 12.3 Å². The van der Waals surface area contributed by atoms with Crippen LogP contribution in [0.2, 0.25) is 0 Å². The summed E-state index contributed by atoms with van der Waals surface area (Å²) in [5.41, 5.74) is 0.324. The maximum absolute atomic E-state index is 12.3. The first-order valence-corrected chi connectivity index (χ1v) is 10.3. The van der Waals surface area contributed by atoms with Gasteiger partial charge in [-0.1, -0.05) is 43.7 Å². The summed E-state index contributed by atoms with van der Waals surface area (Å²) in [6, 6.07) is 15.8. The molecular formula is C19H24N2O4S. The summed E-state index contributed by atoms with van der Waals surface area (Å²) in [5, 5.41) is 2.74. The van der Waals surface area contributed by atoms with Crippen molar-refractivity contribution in [3.8, 4) is 11.5 Å². The van der Waals surface area contributed by atoms with Gasteiger partial charge in [0.15, 0.2) is 5.75 Å². The lowest BCUT2D eigenvalue weighted by Crippen LogP contribution is -2.40. The van der Waals surface area contributed by atoms with Crippen LogP contribution in [-0.2, 0) is 14.8 Å². The Hall–Kier alpha value is -2.54. The Morgan fingerprint density at radius 1 is 1.08 bits per heavy atom. The Morgan fingerprint density at radius 2 is 1.73 bits per heavy atom. The van der Waals surface area contributed by atoms with Gasteiger partial charge in [-0.15, -0.1) is 0 Å². The van der Waals surface area contributed by atoms with Crippen LogP contribution in [0.3, 0.4) is 0 Å². The van der Waals surface area contributed by atoms with E-state index in [2.05, 4.69) is 5.32 Å². The molecule has 0 unspecified atom stereocenters. The van der Waals surface area contributed by atoms with Gasteiger partial charge >= 0.3 is 0 Å². The standard InChI is InChI=1S/C19H24N2O4S/c1-3-4-14-20-19(22)15-21(26(2,23)24)17-12-8-9-13-18(17)25-16-10-6-5-7-11-16/h5-13H,3-4,14-15H2,1-2H3,(H,20,22). The molecule has 6 nitrogen and oxygen atoms in total. The van der Waals surface area contributed by atoms with Gasteiger partial charge in [0.2, 0.25) is 15.9 Å². The number of carbonyl (C=O) groups is 1. The fourth-order valence-electron chi connectivity index (χ4n) is 2.34. The van der Waals surface area contributed by atoms with E-state index in [0.29, 0.717) is 23.7 Å². The van der Waals surface area contributed by atoms with Crippen LogP contribution in [0.1, 0.15) is 19.8 Å². The van der Waals surface area contributed by atoms with E-state index in [1.165, 1.54) is 0 Å². The summed E-state index contributed by atoms with van der Waals surface area (Å²) >= 11 is 0. The fourth-order valence-corrected chi connectivity index (χ4v) is 3.20. The molecule has 0 radical (unpaired) electrons. The van der Waals surface area contributed by atoms with Crippen molar-refractivity contribution in [1.29, 1.82) is 0 Å². The summed E-state index contributed by atoms with van der Waals surface area (Å²) < 4.78 is 31.5. The summed E-state index contributed by atoms with van der Waals surface area (Å²) in [7, 11) is -3.67. The molecule has 26 heavy (non-hydrogen) atoms. The van der Waals surface area contributed by atoms with E-state index in [4.69, 9.17) is 4.74 Å². The first kappa shape index (κ1) is 19.8. The van der Waals surface area contributed by atoms with Crippen LogP contribution in [0.25, 0.3) is 0 Å². The molecule has 0 aliphatic rings. The van der Waals surface area contributed by atoms with Crippen LogP contribution in [-0.4, -0.2) is 33.7 Å². The van der Waals surface area contributed by atoms with Gasteiger partial charge in [-0.25, -0.2) is 8.42 Å². The zero-order valence-corrected chi connectivity index (χ0v) is 15.8. The molecule has 2 rings (SSSR count). The lowest BCUT2D eigenvalue weighted by atomic mass is 10.2. The molecule has 2 aromatic carbocycles. The average Bonchev–Trinajstić information content (AvgIpc) is 2.61. The van der Waals surface area contributed by atoms with Gasteiger partial charge in [-0.2, -0.15) is 0 Å². The molecule has 0 fully saturated rings. The largest absolute Gasteiger partial charge is 0.455 e. The third-order valence-corrected chi connectivity index (χ3v) is 4.77. The first-order chi connectivity index (χ1) is 12.4. The van der Waals surface area contributed by atoms with Crippen LogP contribution in [0.15, 0.2) is 54.6 Å². The quantitative estimate of drug-likeness (QED) is 0.682. The molecule has 7 heteroatoms. The van der Waals surface area contributed by atoms with E-state index in [9.17, 15) is 13.2 Å². The van der Waals surface area contributed by atoms with Gasteiger partial charge < -0.3 is 10.1 Å². The Bertz CT molecular complexity index is 822. The summed E-state index contributed by atoms with van der Waals surface area (Å²) in [5.74, 6) is 0.602. The molecule has 0 heterocycles. The normalized spacial score (nSPS) is 11.0. The van der Waals surface area contributed by atoms with Crippen molar-refractivity contribution in [2.75, 3.05) is 23.7 Å². The maximum atomic E-state index is 12.3. The van der Waals surface area contributed by atoms with Crippen molar-refractivity contribution < 1.29 is 17.9 Å². The van der Waals surface area contributed by atoms with E-state index in [0.717, 1.165) is 23.4 Å².